The fourth-order valence-corrected chi connectivity index (χ4v) is 5.60. The number of aliphatic hydroxyl groups is 1. The van der Waals surface area contributed by atoms with Crippen LogP contribution in [0.25, 0.3) is 22.0 Å². The maximum absolute atomic E-state index is 14.3. The highest BCUT2D eigenvalue weighted by Crippen LogP contribution is 2.36. The van der Waals surface area contributed by atoms with Gasteiger partial charge in [-0.2, -0.15) is 8.42 Å². The largest absolute Gasteiger partial charge is 0.388 e. The Labute approximate surface area is 221 Å². The predicted molar refractivity (Wildman–Crippen MR) is 147 cm³/mol. The van der Waals surface area contributed by atoms with Crippen LogP contribution in [0.3, 0.4) is 0 Å². The second kappa shape index (κ2) is 10.5. The van der Waals surface area contributed by atoms with Crippen molar-refractivity contribution in [1.29, 1.82) is 0 Å². The number of hydrogen-bond donors (Lipinski definition) is 1. The molecule has 0 bridgehead atoms. The molecule has 0 amide bonds. The Hall–Kier alpha value is -3.78. The molecule has 0 spiro atoms. The lowest BCUT2D eigenvalue weighted by molar-refractivity contribution is 0.0784. The van der Waals surface area contributed by atoms with Crippen molar-refractivity contribution in [1.82, 2.24) is 4.57 Å². The molecule has 0 saturated heterocycles. The summed E-state index contributed by atoms with van der Waals surface area (Å²) in [6.45, 7) is 3.37. The number of nitrogens with zero attached hydrogens (tertiary/aromatic N) is 1. The predicted octanol–water partition coefficient (Wildman–Crippen LogP) is 6.42. The zero-order chi connectivity index (χ0) is 26.9. The van der Waals surface area contributed by atoms with E-state index in [-0.39, 0.29) is 4.90 Å². The summed E-state index contributed by atoms with van der Waals surface area (Å²) in [7, 11) is -4.11. The van der Waals surface area contributed by atoms with Gasteiger partial charge >= 0.3 is 0 Å². The van der Waals surface area contributed by atoms with Crippen molar-refractivity contribution in [2.75, 3.05) is 6.61 Å². The van der Waals surface area contributed by atoms with Gasteiger partial charge in [-0.1, -0.05) is 77.9 Å². The fraction of sp³-hybridized carbons (Fsp3) is 0.161. The van der Waals surface area contributed by atoms with Gasteiger partial charge in [-0.15, -0.1) is 0 Å². The van der Waals surface area contributed by atoms with E-state index < -0.39 is 34.7 Å². The molecule has 1 heterocycles. The zero-order valence-electron chi connectivity index (χ0n) is 21.1. The number of benzene rings is 4. The quantitative estimate of drug-likeness (QED) is 0.236. The van der Waals surface area contributed by atoms with Crippen LogP contribution in [0, 0.1) is 19.7 Å². The van der Waals surface area contributed by atoms with Crippen molar-refractivity contribution in [3.8, 4) is 11.1 Å². The summed E-state index contributed by atoms with van der Waals surface area (Å²) >= 11 is 0. The standard InChI is InChI=1S/C31H28FNO4S/c1-21-10-14-23(15-11-21)28-19-33(29-9-4-3-8-27(28)29)31(24-6-5-7-25(32)18-24)30(34)20-37-38(35,36)26-16-12-22(2)13-17-26/h3-19,30-31,34H,20H2,1-2H3/t30-,31+/m1/s1. The highest BCUT2D eigenvalue weighted by atomic mass is 32.2. The van der Waals surface area contributed by atoms with Crippen LogP contribution in [0.5, 0.6) is 0 Å². The molecule has 5 rings (SSSR count). The number of para-hydroxylation sites is 1. The van der Waals surface area contributed by atoms with Crippen LogP contribution < -0.4 is 0 Å². The molecule has 5 aromatic rings. The molecular weight excluding hydrogens is 501 g/mol. The molecule has 0 radical (unpaired) electrons. The van der Waals surface area contributed by atoms with E-state index in [1.807, 2.05) is 73.1 Å². The molecule has 38 heavy (non-hydrogen) atoms. The first-order valence-electron chi connectivity index (χ1n) is 12.3. The third-order valence-electron chi connectivity index (χ3n) is 6.66. The molecule has 0 fully saturated rings. The lowest BCUT2D eigenvalue weighted by atomic mass is 10.0. The number of aryl methyl sites for hydroxylation is 2. The van der Waals surface area contributed by atoms with Crippen molar-refractivity contribution in [2.24, 2.45) is 0 Å². The van der Waals surface area contributed by atoms with Crippen molar-refractivity contribution in [2.45, 2.75) is 30.9 Å². The fourth-order valence-electron chi connectivity index (χ4n) is 4.68. The van der Waals surface area contributed by atoms with Crippen molar-refractivity contribution in [3.63, 3.8) is 0 Å². The van der Waals surface area contributed by atoms with Crippen LogP contribution in [0.2, 0.25) is 0 Å². The summed E-state index contributed by atoms with van der Waals surface area (Å²) in [5.74, 6) is -0.455. The van der Waals surface area contributed by atoms with E-state index in [0.717, 1.165) is 33.2 Å². The maximum Gasteiger partial charge on any atom is 0.297 e. The molecule has 5 nitrogen and oxygen atoms in total. The van der Waals surface area contributed by atoms with Crippen LogP contribution in [-0.4, -0.2) is 30.8 Å². The number of aromatic nitrogens is 1. The maximum atomic E-state index is 14.3. The molecule has 1 N–H and O–H groups in total. The molecule has 0 aliphatic rings. The molecule has 0 aliphatic heterocycles. The van der Waals surface area contributed by atoms with Crippen LogP contribution in [0.1, 0.15) is 22.7 Å². The van der Waals surface area contributed by atoms with Crippen LogP contribution in [-0.2, 0) is 14.3 Å². The van der Waals surface area contributed by atoms with Gasteiger partial charge in [-0.3, -0.25) is 4.18 Å². The van der Waals surface area contributed by atoms with Crippen LogP contribution in [0.15, 0.2) is 108 Å². The highest BCUT2D eigenvalue weighted by molar-refractivity contribution is 7.86. The van der Waals surface area contributed by atoms with E-state index in [0.29, 0.717) is 5.56 Å². The summed E-state index contributed by atoms with van der Waals surface area (Å²) in [4.78, 5) is 0.00526. The Morgan fingerprint density at radius 2 is 1.53 bits per heavy atom. The van der Waals surface area contributed by atoms with Gasteiger partial charge in [0, 0.05) is 22.7 Å². The van der Waals surface area contributed by atoms with Gasteiger partial charge in [0.15, 0.2) is 0 Å². The van der Waals surface area contributed by atoms with Gasteiger partial charge in [0.2, 0.25) is 0 Å². The van der Waals surface area contributed by atoms with Gasteiger partial charge < -0.3 is 9.67 Å². The number of aliphatic hydroxyl groups excluding tert-OH is 1. The van der Waals surface area contributed by atoms with Crippen LogP contribution in [0.4, 0.5) is 4.39 Å². The minimum atomic E-state index is -4.11. The Bertz CT molecular complexity index is 1680. The molecular formula is C31H28FNO4S. The van der Waals surface area contributed by atoms with E-state index in [9.17, 15) is 17.9 Å². The first kappa shape index (κ1) is 25.9. The lowest BCUT2D eigenvalue weighted by Crippen LogP contribution is -2.30. The Morgan fingerprint density at radius 1 is 0.868 bits per heavy atom. The minimum Gasteiger partial charge on any atom is -0.388 e. The third kappa shape index (κ3) is 5.27. The number of fused-ring (bicyclic) bond motifs is 1. The van der Waals surface area contributed by atoms with Gasteiger partial charge in [-0.25, -0.2) is 4.39 Å². The number of halogens is 1. The van der Waals surface area contributed by atoms with Crippen molar-refractivity contribution >= 4 is 21.0 Å². The summed E-state index contributed by atoms with van der Waals surface area (Å²) in [5, 5.41) is 12.4. The Kier molecular flexibility index (Phi) is 7.17. The van der Waals surface area contributed by atoms with E-state index >= 15 is 0 Å². The molecule has 4 aromatic carbocycles. The van der Waals surface area contributed by atoms with E-state index in [2.05, 4.69) is 0 Å². The van der Waals surface area contributed by atoms with E-state index in [1.54, 1.807) is 24.3 Å². The van der Waals surface area contributed by atoms with Gasteiger partial charge in [0.05, 0.1) is 17.5 Å². The molecule has 7 heteroatoms. The van der Waals surface area contributed by atoms with Gasteiger partial charge in [-0.05, 0) is 55.3 Å². The monoisotopic (exact) mass is 529 g/mol. The Balaban J connectivity index is 1.57. The second-order valence-electron chi connectivity index (χ2n) is 9.45. The minimum absolute atomic E-state index is 0.00526. The molecule has 0 aliphatic carbocycles. The Morgan fingerprint density at radius 3 is 2.21 bits per heavy atom. The first-order valence-corrected chi connectivity index (χ1v) is 13.7. The summed E-state index contributed by atoms with van der Waals surface area (Å²) in [5.41, 5.74) is 5.30. The first-order chi connectivity index (χ1) is 18.2. The molecule has 194 valence electrons. The smallest absolute Gasteiger partial charge is 0.297 e. The zero-order valence-corrected chi connectivity index (χ0v) is 21.9. The van der Waals surface area contributed by atoms with E-state index in [4.69, 9.17) is 4.18 Å². The molecule has 0 saturated carbocycles. The number of hydrogen-bond acceptors (Lipinski definition) is 4. The van der Waals surface area contributed by atoms with Crippen molar-refractivity contribution in [3.05, 3.63) is 126 Å². The molecule has 2 atom stereocenters. The van der Waals surface area contributed by atoms with Crippen LogP contribution >= 0.6 is 0 Å². The second-order valence-corrected chi connectivity index (χ2v) is 11.1. The average molecular weight is 530 g/mol. The molecule has 1 aromatic heterocycles. The summed E-state index contributed by atoms with van der Waals surface area (Å²) in [6.07, 6.45) is 0.612. The topological polar surface area (TPSA) is 68.5 Å². The van der Waals surface area contributed by atoms with Gasteiger partial charge in [0.25, 0.3) is 10.1 Å². The SMILES string of the molecule is Cc1ccc(-c2cn([C@@H](c3cccc(F)c3)[C@H](O)COS(=O)(=O)c3ccc(C)cc3)c3ccccc23)cc1. The summed E-state index contributed by atoms with van der Waals surface area (Å²) in [6, 6.07) is 27.3. The third-order valence-corrected chi connectivity index (χ3v) is 7.96. The highest BCUT2D eigenvalue weighted by Gasteiger charge is 2.28. The normalized spacial score (nSPS) is 13.5. The lowest BCUT2D eigenvalue weighted by Gasteiger charge is -2.26. The average Bonchev–Trinajstić information content (AvgIpc) is 3.28. The summed E-state index contributed by atoms with van der Waals surface area (Å²) < 4.78 is 47.2. The van der Waals surface area contributed by atoms with Gasteiger partial charge in [0.1, 0.15) is 11.9 Å². The number of rotatable bonds is 8. The molecule has 0 unspecified atom stereocenters. The van der Waals surface area contributed by atoms with Crippen molar-refractivity contribution < 1.29 is 22.1 Å². The van der Waals surface area contributed by atoms with E-state index in [1.165, 1.54) is 24.3 Å².